The molecule has 96 valence electrons. The first-order valence-corrected chi connectivity index (χ1v) is 6.47. The molecule has 0 aromatic heterocycles. The van der Waals surface area contributed by atoms with Crippen LogP contribution in [0.25, 0.3) is 10.8 Å². The minimum Gasteiger partial charge on any atom is -0.385 e. The Balaban J connectivity index is 2.10. The van der Waals surface area contributed by atoms with Gasteiger partial charge in [0.25, 0.3) is 0 Å². The van der Waals surface area contributed by atoms with Gasteiger partial charge in [-0.2, -0.15) is 0 Å². The van der Waals surface area contributed by atoms with Gasteiger partial charge in [-0.15, -0.1) is 0 Å². The fraction of sp³-hybridized carbons (Fsp3) is 0.375. The Hall–Kier alpha value is -1.38. The van der Waals surface area contributed by atoms with Gasteiger partial charge in [-0.25, -0.2) is 0 Å². The molecule has 2 aromatic carbocycles. The number of fused-ring (bicyclic) bond motifs is 1. The molecule has 0 radical (unpaired) electrons. The fourth-order valence-electron chi connectivity index (χ4n) is 2.26. The first-order chi connectivity index (χ1) is 8.83. The molecule has 0 fully saturated rings. The van der Waals surface area contributed by atoms with E-state index in [2.05, 4.69) is 47.8 Å². The lowest BCUT2D eigenvalue weighted by molar-refractivity contribution is 0.184. The van der Waals surface area contributed by atoms with Gasteiger partial charge in [0, 0.05) is 19.8 Å². The van der Waals surface area contributed by atoms with Gasteiger partial charge in [-0.05, 0) is 36.2 Å². The van der Waals surface area contributed by atoms with E-state index in [4.69, 9.17) is 4.74 Å². The van der Waals surface area contributed by atoms with Crippen LogP contribution in [-0.2, 0) is 11.2 Å². The second-order valence-electron chi connectivity index (χ2n) is 4.65. The number of methoxy groups -OCH3 is 1. The lowest BCUT2D eigenvalue weighted by Gasteiger charge is -2.16. The quantitative estimate of drug-likeness (QED) is 0.842. The Morgan fingerprint density at radius 3 is 2.61 bits per heavy atom. The van der Waals surface area contributed by atoms with Crippen LogP contribution >= 0.6 is 0 Å². The average Bonchev–Trinajstić information content (AvgIpc) is 2.43. The van der Waals surface area contributed by atoms with E-state index in [1.54, 1.807) is 7.11 Å². The van der Waals surface area contributed by atoms with Crippen LogP contribution in [0.4, 0.5) is 0 Å². The maximum atomic E-state index is 5.14. The highest BCUT2D eigenvalue weighted by Gasteiger charge is 2.07. The minimum absolute atomic E-state index is 0.478. The van der Waals surface area contributed by atoms with Crippen LogP contribution in [0.5, 0.6) is 0 Å². The van der Waals surface area contributed by atoms with Crippen molar-refractivity contribution >= 4 is 10.8 Å². The Kier molecular flexibility index (Phi) is 4.73. The highest BCUT2D eigenvalue weighted by molar-refractivity contribution is 5.82. The first kappa shape index (κ1) is 13.1. The summed E-state index contributed by atoms with van der Waals surface area (Å²) in [5, 5.41) is 5.97. The van der Waals surface area contributed by atoms with Crippen molar-refractivity contribution in [2.45, 2.75) is 18.9 Å². The topological polar surface area (TPSA) is 21.3 Å². The third-order valence-corrected chi connectivity index (χ3v) is 3.37. The molecule has 0 spiro atoms. The summed E-state index contributed by atoms with van der Waals surface area (Å²) in [6, 6.07) is 15.7. The third kappa shape index (κ3) is 3.31. The number of hydrogen-bond acceptors (Lipinski definition) is 2. The SMILES string of the molecule is CNC(CCOC)Cc1ccc2ccccc2c1. The van der Waals surface area contributed by atoms with Crippen molar-refractivity contribution in [3.05, 3.63) is 48.0 Å². The van der Waals surface area contributed by atoms with Crippen LogP contribution in [0.1, 0.15) is 12.0 Å². The first-order valence-electron chi connectivity index (χ1n) is 6.47. The molecule has 18 heavy (non-hydrogen) atoms. The van der Waals surface area contributed by atoms with E-state index in [1.165, 1.54) is 16.3 Å². The summed E-state index contributed by atoms with van der Waals surface area (Å²) in [4.78, 5) is 0. The zero-order valence-corrected chi connectivity index (χ0v) is 11.1. The van der Waals surface area contributed by atoms with E-state index in [0.717, 1.165) is 19.4 Å². The van der Waals surface area contributed by atoms with Crippen molar-refractivity contribution in [3.63, 3.8) is 0 Å². The van der Waals surface area contributed by atoms with Crippen molar-refractivity contribution in [2.24, 2.45) is 0 Å². The molecule has 2 nitrogen and oxygen atoms in total. The van der Waals surface area contributed by atoms with Gasteiger partial charge in [-0.1, -0.05) is 42.5 Å². The monoisotopic (exact) mass is 243 g/mol. The summed E-state index contributed by atoms with van der Waals surface area (Å²) in [6.45, 7) is 0.805. The molecule has 2 rings (SSSR count). The van der Waals surface area contributed by atoms with Crippen molar-refractivity contribution in [1.29, 1.82) is 0 Å². The molecule has 0 heterocycles. The van der Waals surface area contributed by atoms with Gasteiger partial charge in [0.2, 0.25) is 0 Å². The number of likely N-dealkylation sites (N-methyl/N-ethyl adjacent to an activating group) is 1. The predicted molar refractivity (Wildman–Crippen MR) is 77.0 cm³/mol. The standard InChI is InChI=1S/C16H21NO/c1-17-16(9-10-18-2)12-13-7-8-14-5-3-4-6-15(14)11-13/h3-8,11,16-17H,9-10,12H2,1-2H3. The Bertz CT molecular complexity index is 495. The van der Waals surface area contributed by atoms with E-state index in [0.29, 0.717) is 6.04 Å². The molecule has 0 aliphatic heterocycles. The van der Waals surface area contributed by atoms with Gasteiger partial charge >= 0.3 is 0 Å². The second kappa shape index (κ2) is 6.53. The number of rotatable bonds is 6. The smallest absolute Gasteiger partial charge is 0.0477 e. The van der Waals surface area contributed by atoms with Crippen molar-refractivity contribution < 1.29 is 4.74 Å². The van der Waals surface area contributed by atoms with Gasteiger partial charge in [0.05, 0.1) is 0 Å². The van der Waals surface area contributed by atoms with E-state index in [-0.39, 0.29) is 0 Å². The molecule has 0 aliphatic rings. The summed E-state index contributed by atoms with van der Waals surface area (Å²) in [6.07, 6.45) is 2.09. The van der Waals surface area contributed by atoms with Gasteiger partial charge in [0.15, 0.2) is 0 Å². The van der Waals surface area contributed by atoms with Gasteiger partial charge in [-0.3, -0.25) is 0 Å². The van der Waals surface area contributed by atoms with Gasteiger partial charge < -0.3 is 10.1 Å². The summed E-state index contributed by atoms with van der Waals surface area (Å²) in [5.74, 6) is 0. The molecule has 0 amide bonds. The van der Waals surface area contributed by atoms with Crippen molar-refractivity contribution in [3.8, 4) is 0 Å². The molecule has 1 unspecified atom stereocenters. The number of nitrogens with one attached hydrogen (secondary N) is 1. The summed E-state index contributed by atoms with van der Waals surface area (Å²) < 4.78 is 5.14. The molecule has 2 aromatic rings. The Morgan fingerprint density at radius 2 is 1.89 bits per heavy atom. The van der Waals surface area contributed by atoms with Crippen LogP contribution in [0.15, 0.2) is 42.5 Å². The minimum atomic E-state index is 0.478. The zero-order chi connectivity index (χ0) is 12.8. The van der Waals surface area contributed by atoms with Crippen molar-refractivity contribution in [2.75, 3.05) is 20.8 Å². The zero-order valence-electron chi connectivity index (χ0n) is 11.1. The van der Waals surface area contributed by atoms with E-state index < -0.39 is 0 Å². The Labute approximate surface area is 109 Å². The van der Waals surface area contributed by atoms with Crippen LogP contribution in [0, 0.1) is 0 Å². The molecule has 1 atom stereocenters. The third-order valence-electron chi connectivity index (χ3n) is 3.37. The van der Waals surface area contributed by atoms with E-state index in [1.807, 2.05) is 7.05 Å². The summed E-state index contributed by atoms with van der Waals surface area (Å²) >= 11 is 0. The van der Waals surface area contributed by atoms with Crippen LogP contribution in [0.2, 0.25) is 0 Å². The molecule has 0 saturated heterocycles. The molecule has 0 saturated carbocycles. The average molecular weight is 243 g/mol. The number of ether oxygens (including phenoxy) is 1. The van der Waals surface area contributed by atoms with Gasteiger partial charge in [0.1, 0.15) is 0 Å². The normalized spacial score (nSPS) is 12.8. The molecule has 2 heteroatoms. The highest BCUT2D eigenvalue weighted by Crippen LogP contribution is 2.17. The maximum Gasteiger partial charge on any atom is 0.0477 e. The molecule has 0 aliphatic carbocycles. The maximum absolute atomic E-state index is 5.14. The molecular weight excluding hydrogens is 222 g/mol. The lowest BCUT2D eigenvalue weighted by Crippen LogP contribution is -2.28. The van der Waals surface area contributed by atoms with Crippen LogP contribution in [0.3, 0.4) is 0 Å². The second-order valence-corrected chi connectivity index (χ2v) is 4.65. The molecule has 1 N–H and O–H groups in total. The highest BCUT2D eigenvalue weighted by atomic mass is 16.5. The number of hydrogen-bond donors (Lipinski definition) is 1. The Morgan fingerprint density at radius 1 is 1.11 bits per heavy atom. The number of benzene rings is 2. The fourth-order valence-corrected chi connectivity index (χ4v) is 2.26. The largest absolute Gasteiger partial charge is 0.385 e. The summed E-state index contributed by atoms with van der Waals surface area (Å²) in [5.41, 5.74) is 1.38. The van der Waals surface area contributed by atoms with E-state index in [9.17, 15) is 0 Å². The molecular formula is C16H21NO. The van der Waals surface area contributed by atoms with Crippen LogP contribution < -0.4 is 5.32 Å². The van der Waals surface area contributed by atoms with Crippen molar-refractivity contribution in [1.82, 2.24) is 5.32 Å². The van der Waals surface area contributed by atoms with Crippen LogP contribution in [-0.4, -0.2) is 26.8 Å². The lowest BCUT2D eigenvalue weighted by atomic mass is 10.0. The van der Waals surface area contributed by atoms with E-state index >= 15 is 0 Å². The predicted octanol–water partition coefficient (Wildman–Crippen LogP) is 3.01. The molecule has 0 bridgehead atoms. The summed E-state index contributed by atoms with van der Waals surface area (Å²) in [7, 11) is 3.77.